The molecule has 1 aromatic rings. The molecule has 15 heavy (non-hydrogen) atoms. The van der Waals surface area contributed by atoms with E-state index in [1.807, 2.05) is 23.6 Å². The van der Waals surface area contributed by atoms with Gasteiger partial charge in [0.15, 0.2) is 0 Å². The fraction of sp³-hybridized carbons (Fsp3) is 0.636. The normalized spacial score (nSPS) is 20.0. The zero-order valence-electron chi connectivity index (χ0n) is 9.74. The lowest BCUT2D eigenvalue weighted by molar-refractivity contribution is -0.134. The average molecular weight is 207 g/mol. The molecule has 0 radical (unpaired) electrons. The summed E-state index contributed by atoms with van der Waals surface area (Å²) in [4.78, 5) is 13.7. The van der Waals surface area contributed by atoms with Gasteiger partial charge in [0, 0.05) is 24.7 Å². The van der Waals surface area contributed by atoms with E-state index in [4.69, 9.17) is 0 Å². The highest BCUT2D eigenvalue weighted by Gasteiger charge is 2.32. The Bertz CT molecular complexity index is 406. The average Bonchev–Trinajstić information content (AvgIpc) is 2.40. The third-order valence-electron chi connectivity index (χ3n) is 3.17. The molecule has 82 valence electrons. The second-order valence-corrected chi connectivity index (χ2v) is 4.88. The Morgan fingerprint density at radius 1 is 1.47 bits per heavy atom. The molecule has 0 spiro atoms. The minimum Gasteiger partial charge on any atom is -0.339 e. The number of hydrogen-bond donors (Lipinski definition) is 0. The van der Waals surface area contributed by atoms with Crippen molar-refractivity contribution in [2.24, 2.45) is 0 Å². The number of aryl methyl sites for hydroxylation is 1. The van der Waals surface area contributed by atoms with E-state index in [9.17, 15) is 4.79 Å². The van der Waals surface area contributed by atoms with E-state index >= 15 is 0 Å². The highest BCUT2D eigenvalue weighted by molar-refractivity contribution is 5.77. The van der Waals surface area contributed by atoms with E-state index < -0.39 is 0 Å². The molecule has 1 amide bonds. The smallest absolute Gasteiger partial charge is 0.244 e. The van der Waals surface area contributed by atoms with Gasteiger partial charge in [0.05, 0.1) is 5.69 Å². The Labute approximate surface area is 89.9 Å². The molecule has 2 heterocycles. The summed E-state index contributed by atoms with van der Waals surface area (Å²) >= 11 is 0. The highest BCUT2D eigenvalue weighted by atomic mass is 16.2. The Morgan fingerprint density at radius 3 is 2.80 bits per heavy atom. The fourth-order valence-corrected chi connectivity index (χ4v) is 2.01. The van der Waals surface area contributed by atoms with Crippen molar-refractivity contribution in [2.45, 2.75) is 39.3 Å². The van der Waals surface area contributed by atoms with E-state index in [0.717, 1.165) is 17.8 Å². The van der Waals surface area contributed by atoms with E-state index in [0.29, 0.717) is 6.54 Å². The van der Waals surface area contributed by atoms with Crippen molar-refractivity contribution < 1.29 is 4.79 Å². The largest absolute Gasteiger partial charge is 0.339 e. The van der Waals surface area contributed by atoms with Crippen LogP contribution in [-0.2, 0) is 17.8 Å². The van der Waals surface area contributed by atoms with Crippen LogP contribution in [0, 0.1) is 6.92 Å². The lowest BCUT2D eigenvalue weighted by Crippen LogP contribution is -2.45. The molecule has 0 N–H and O–H groups in total. The molecule has 4 nitrogen and oxygen atoms in total. The van der Waals surface area contributed by atoms with Crippen LogP contribution in [0.3, 0.4) is 0 Å². The maximum Gasteiger partial charge on any atom is 0.244 e. The number of rotatable bonds is 0. The first-order chi connectivity index (χ1) is 6.90. The summed E-state index contributed by atoms with van der Waals surface area (Å²) in [5.74, 6) is 0.127. The summed E-state index contributed by atoms with van der Waals surface area (Å²) < 4.78 is 1.82. The van der Waals surface area contributed by atoms with Crippen molar-refractivity contribution in [1.82, 2.24) is 14.7 Å². The Hall–Kier alpha value is -1.32. The Morgan fingerprint density at radius 2 is 2.13 bits per heavy atom. The second kappa shape index (κ2) is 3.08. The molecule has 2 rings (SSSR count). The van der Waals surface area contributed by atoms with E-state index in [1.54, 1.807) is 0 Å². The number of hydrogen-bond acceptors (Lipinski definition) is 2. The van der Waals surface area contributed by atoms with Crippen LogP contribution in [0.5, 0.6) is 0 Å². The minimum atomic E-state index is -0.127. The van der Waals surface area contributed by atoms with Gasteiger partial charge >= 0.3 is 0 Å². The summed E-state index contributed by atoms with van der Waals surface area (Å²) in [7, 11) is 1.86. The molecular weight excluding hydrogens is 190 g/mol. The van der Waals surface area contributed by atoms with E-state index in [-0.39, 0.29) is 11.4 Å². The molecule has 0 atom stereocenters. The molecule has 0 unspecified atom stereocenters. The number of likely N-dealkylation sites (N-methyl/N-ethyl adjacent to an activating group) is 1. The van der Waals surface area contributed by atoms with Gasteiger partial charge in [-0.25, -0.2) is 0 Å². The molecular formula is C11H17N3O. The van der Waals surface area contributed by atoms with Gasteiger partial charge in [-0.05, 0) is 26.8 Å². The predicted molar refractivity (Wildman–Crippen MR) is 57.5 cm³/mol. The molecule has 0 fully saturated rings. The van der Waals surface area contributed by atoms with Gasteiger partial charge in [-0.1, -0.05) is 0 Å². The second-order valence-electron chi connectivity index (χ2n) is 4.88. The molecule has 1 aliphatic heterocycles. The Kier molecular flexibility index (Phi) is 2.10. The third kappa shape index (κ3) is 1.64. The van der Waals surface area contributed by atoms with Gasteiger partial charge in [0.1, 0.15) is 6.54 Å². The van der Waals surface area contributed by atoms with Crippen molar-refractivity contribution in [1.29, 1.82) is 0 Å². The van der Waals surface area contributed by atoms with Gasteiger partial charge in [0.2, 0.25) is 5.91 Å². The molecule has 0 saturated carbocycles. The van der Waals surface area contributed by atoms with Crippen molar-refractivity contribution in [3.05, 3.63) is 17.5 Å². The van der Waals surface area contributed by atoms with Gasteiger partial charge in [0.25, 0.3) is 0 Å². The number of carbonyl (C=O) groups excluding carboxylic acids is 1. The first-order valence-electron chi connectivity index (χ1n) is 5.20. The topological polar surface area (TPSA) is 38.1 Å². The summed E-state index contributed by atoms with van der Waals surface area (Å²) in [6.45, 7) is 6.50. The molecule has 0 saturated heterocycles. The van der Waals surface area contributed by atoms with Crippen LogP contribution in [0.2, 0.25) is 0 Å². The molecule has 0 bridgehead atoms. The molecule has 0 aromatic carbocycles. The number of amides is 1. The van der Waals surface area contributed by atoms with Crippen molar-refractivity contribution in [2.75, 3.05) is 7.05 Å². The number of fused-ring (bicyclic) bond motifs is 1. The molecule has 1 aromatic heterocycles. The summed E-state index contributed by atoms with van der Waals surface area (Å²) in [5.41, 5.74) is 2.01. The van der Waals surface area contributed by atoms with Gasteiger partial charge in [-0.15, -0.1) is 0 Å². The van der Waals surface area contributed by atoms with E-state index in [2.05, 4.69) is 25.0 Å². The monoisotopic (exact) mass is 207 g/mol. The minimum absolute atomic E-state index is 0.127. The fourth-order valence-electron chi connectivity index (χ4n) is 2.01. The standard InChI is InChI=1S/C11H17N3O/c1-8-5-9-6-11(2,3)13(4)10(15)7-14(9)12-8/h5H,6-7H2,1-4H3. The predicted octanol–water partition coefficient (Wildman–Crippen LogP) is 0.985. The SMILES string of the molecule is Cc1cc2n(n1)CC(=O)N(C)C(C)(C)C2. The maximum atomic E-state index is 11.9. The van der Waals surface area contributed by atoms with Crippen LogP contribution >= 0.6 is 0 Å². The summed E-state index contributed by atoms with van der Waals surface area (Å²) in [6.07, 6.45) is 0.857. The maximum absolute atomic E-state index is 11.9. The summed E-state index contributed by atoms with van der Waals surface area (Å²) in [6, 6.07) is 2.06. The van der Waals surface area contributed by atoms with Crippen molar-refractivity contribution >= 4 is 5.91 Å². The molecule has 1 aliphatic rings. The Balaban J connectivity index is 2.45. The van der Waals surface area contributed by atoms with Crippen LogP contribution in [-0.4, -0.2) is 33.2 Å². The van der Waals surface area contributed by atoms with Crippen LogP contribution in [0.25, 0.3) is 0 Å². The quantitative estimate of drug-likeness (QED) is 0.636. The van der Waals surface area contributed by atoms with Crippen LogP contribution in [0.4, 0.5) is 0 Å². The number of nitrogens with zero attached hydrogens (tertiary/aromatic N) is 3. The van der Waals surface area contributed by atoms with Gasteiger partial charge in [-0.3, -0.25) is 9.48 Å². The number of aromatic nitrogens is 2. The lowest BCUT2D eigenvalue weighted by atomic mass is 9.97. The zero-order valence-corrected chi connectivity index (χ0v) is 9.74. The first kappa shape index (κ1) is 10.2. The van der Waals surface area contributed by atoms with Crippen LogP contribution < -0.4 is 0 Å². The van der Waals surface area contributed by atoms with E-state index in [1.165, 1.54) is 0 Å². The van der Waals surface area contributed by atoms with Gasteiger partial charge < -0.3 is 4.90 Å². The van der Waals surface area contributed by atoms with Crippen LogP contribution in [0.15, 0.2) is 6.07 Å². The third-order valence-corrected chi connectivity index (χ3v) is 3.17. The highest BCUT2D eigenvalue weighted by Crippen LogP contribution is 2.23. The zero-order chi connectivity index (χ0) is 11.2. The molecule has 4 heteroatoms. The van der Waals surface area contributed by atoms with Crippen LogP contribution in [0.1, 0.15) is 25.2 Å². The van der Waals surface area contributed by atoms with Gasteiger partial charge in [-0.2, -0.15) is 5.10 Å². The lowest BCUT2D eigenvalue weighted by Gasteiger charge is -2.33. The number of carbonyl (C=O) groups is 1. The van der Waals surface area contributed by atoms with Crippen molar-refractivity contribution in [3.63, 3.8) is 0 Å². The van der Waals surface area contributed by atoms with Crippen molar-refractivity contribution in [3.8, 4) is 0 Å². The molecule has 0 aliphatic carbocycles. The first-order valence-corrected chi connectivity index (χ1v) is 5.20. The summed E-state index contributed by atoms with van der Waals surface area (Å²) in [5, 5.41) is 4.33.